The fourth-order valence-corrected chi connectivity index (χ4v) is 3.52. The predicted molar refractivity (Wildman–Crippen MR) is 94.7 cm³/mol. The minimum atomic E-state index is 0.931. The molecule has 3 rings (SSSR count). The molecule has 0 saturated carbocycles. The van der Waals surface area contributed by atoms with Gasteiger partial charge in [0.2, 0.25) is 0 Å². The van der Waals surface area contributed by atoms with Crippen LogP contribution in [0.25, 0.3) is 0 Å². The number of piperazine rings is 1. The van der Waals surface area contributed by atoms with E-state index in [9.17, 15) is 0 Å². The standard InChI is InChI=1S/C18H21BrN2/c1-15-13-18(8-7-16(15)14-19)21-11-9-20(10-12-21)17-5-3-2-4-6-17/h2-8,13H,9-12,14H2,1H3. The van der Waals surface area contributed by atoms with Crippen molar-refractivity contribution in [1.29, 1.82) is 0 Å². The average Bonchev–Trinajstić information content (AvgIpc) is 2.56. The van der Waals surface area contributed by atoms with Crippen molar-refractivity contribution in [3.63, 3.8) is 0 Å². The third kappa shape index (κ3) is 3.24. The topological polar surface area (TPSA) is 6.48 Å². The highest BCUT2D eigenvalue weighted by Crippen LogP contribution is 2.23. The number of benzene rings is 2. The minimum absolute atomic E-state index is 0.931. The third-order valence-electron chi connectivity index (χ3n) is 4.24. The molecule has 0 atom stereocenters. The molecule has 3 heteroatoms. The van der Waals surface area contributed by atoms with Crippen molar-refractivity contribution in [2.24, 2.45) is 0 Å². The van der Waals surface area contributed by atoms with E-state index < -0.39 is 0 Å². The fraction of sp³-hybridized carbons (Fsp3) is 0.333. The molecule has 0 spiro atoms. The van der Waals surface area contributed by atoms with E-state index in [0.29, 0.717) is 0 Å². The molecule has 0 aromatic heterocycles. The number of hydrogen-bond donors (Lipinski definition) is 0. The van der Waals surface area contributed by atoms with Crippen molar-refractivity contribution in [2.75, 3.05) is 36.0 Å². The van der Waals surface area contributed by atoms with Crippen molar-refractivity contribution < 1.29 is 0 Å². The predicted octanol–water partition coefficient (Wildman–Crippen LogP) is 4.22. The van der Waals surface area contributed by atoms with Gasteiger partial charge in [0.15, 0.2) is 0 Å². The molecule has 0 amide bonds. The summed E-state index contributed by atoms with van der Waals surface area (Å²) in [5, 5.41) is 0.931. The molecule has 0 bridgehead atoms. The van der Waals surface area contributed by atoms with E-state index in [1.165, 1.54) is 22.5 Å². The second kappa shape index (κ2) is 6.52. The lowest BCUT2D eigenvalue weighted by molar-refractivity contribution is 0.653. The molecule has 21 heavy (non-hydrogen) atoms. The zero-order chi connectivity index (χ0) is 14.7. The number of halogens is 1. The van der Waals surface area contributed by atoms with Gasteiger partial charge in [0.1, 0.15) is 0 Å². The summed E-state index contributed by atoms with van der Waals surface area (Å²) in [6.07, 6.45) is 0. The molecule has 0 aliphatic carbocycles. The highest BCUT2D eigenvalue weighted by Gasteiger charge is 2.17. The van der Waals surface area contributed by atoms with Gasteiger partial charge < -0.3 is 9.80 Å². The van der Waals surface area contributed by atoms with E-state index in [1.807, 2.05) is 0 Å². The number of hydrogen-bond acceptors (Lipinski definition) is 2. The smallest absolute Gasteiger partial charge is 0.0370 e. The van der Waals surface area contributed by atoms with Crippen LogP contribution in [0.1, 0.15) is 11.1 Å². The zero-order valence-electron chi connectivity index (χ0n) is 12.4. The quantitative estimate of drug-likeness (QED) is 0.769. The number of para-hydroxylation sites is 1. The summed E-state index contributed by atoms with van der Waals surface area (Å²) in [7, 11) is 0. The van der Waals surface area contributed by atoms with Crippen molar-refractivity contribution >= 4 is 27.3 Å². The first-order chi connectivity index (χ1) is 10.3. The normalized spacial score (nSPS) is 15.3. The van der Waals surface area contributed by atoms with Gasteiger partial charge in [-0.1, -0.05) is 40.2 Å². The first-order valence-electron chi connectivity index (χ1n) is 7.48. The van der Waals surface area contributed by atoms with Gasteiger partial charge >= 0.3 is 0 Å². The van der Waals surface area contributed by atoms with Crippen molar-refractivity contribution in [3.05, 3.63) is 59.7 Å². The number of rotatable bonds is 3. The third-order valence-corrected chi connectivity index (χ3v) is 4.84. The Morgan fingerprint density at radius 3 is 2.05 bits per heavy atom. The van der Waals surface area contributed by atoms with Gasteiger partial charge in [-0.05, 0) is 42.3 Å². The van der Waals surface area contributed by atoms with E-state index in [2.05, 4.69) is 81.2 Å². The highest BCUT2D eigenvalue weighted by atomic mass is 79.9. The van der Waals surface area contributed by atoms with Crippen LogP contribution in [0.2, 0.25) is 0 Å². The molecular weight excluding hydrogens is 324 g/mol. The summed E-state index contributed by atoms with van der Waals surface area (Å²) in [6.45, 7) is 6.54. The van der Waals surface area contributed by atoms with Crippen LogP contribution in [0.3, 0.4) is 0 Å². The minimum Gasteiger partial charge on any atom is -0.368 e. The second-order valence-electron chi connectivity index (χ2n) is 5.55. The monoisotopic (exact) mass is 344 g/mol. The lowest BCUT2D eigenvalue weighted by Crippen LogP contribution is -2.46. The number of alkyl halides is 1. The molecule has 0 unspecified atom stereocenters. The van der Waals surface area contributed by atoms with E-state index in [4.69, 9.17) is 0 Å². The first-order valence-corrected chi connectivity index (χ1v) is 8.60. The Labute approximate surface area is 135 Å². The molecule has 0 radical (unpaired) electrons. The Bertz CT molecular complexity index is 589. The Morgan fingerprint density at radius 1 is 0.857 bits per heavy atom. The van der Waals surface area contributed by atoms with Gasteiger partial charge in [-0.2, -0.15) is 0 Å². The zero-order valence-corrected chi connectivity index (χ0v) is 14.0. The van der Waals surface area contributed by atoms with Gasteiger partial charge in [-0.15, -0.1) is 0 Å². The van der Waals surface area contributed by atoms with Crippen LogP contribution < -0.4 is 9.80 Å². The van der Waals surface area contributed by atoms with Crippen LogP contribution >= 0.6 is 15.9 Å². The van der Waals surface area contributed by atoms with Crippen molar-refractivity contribution in [3.8, 4) is 0 Å². The number of anilines is 2. The fourth-order valence-electron chi connectivity index (χ4n) is 2.89. The van der Waals surface area contributed by atoms with Gasteiger partial charge in [-0.3, -0.25) is 0 Å². The van der Waals surface area contributed by atoms with Gasteiger partial charge in [0.25, 0.3) is 0 Å². The molecule has 0 N–H and O–H groups in total. The summed E-state index contributed by atoms with van der Waals surface area (Å²) in [4.78, 5) is 4.96. The van der Waals surface area contributed by atoms with Crippen LogP contribution in [-0.4, -0.2) is 26.2 Å². The Balaban J connectivity index is 1.67. The van der Waals surface area contributed by atoms with Gasteiger partial charge in [-0.25, -0.2) is 0 Å². The van der Waals surface area contributed by atoms with Crippen LogP contribution in [-0.2, 0) is 5.33 Å². The Hall–Kier alpha value is -1.48. The van der Waals surface area contributed by atoms with Crippen molar-refractivity contribution in [1.82, 2.24) is 0 Å². The molecule has 1 aliphatic heterocycles. The van der Waals surface area contributed by atoms with E-state index in [-0.39, 0.29) is 0 Å². The lowest BCUT2D eigenvalue weighted by Gasteiger charge is -2.37. The molecule has 1 heterocycles. The van der Waals surface area contributed by atoms with Crippen LogP contribution in [0.4, 0.5) is 11.4 Å². The van der Waals surface area contributed by atoms with Crippen LogP contribution in [0.5, 0.6) is 0 Å². The largest absolute Gasteiger partial charge is 0.368 e. The number of nitrogens with zero attached hydrogens (tertiary/aromatic N) is 2. The van der Waals surface area contributed by atoms with E-state index >= 15 is 0 Å². The molecule has 1 aliphatic rings. The van der Waals surface area contributed by atoms with E-state index in [1.54, 1.807) is 0 Å². The molecule has 110 valence electrons. The molecule has 2 aromatic rings. The second-order valence-corrected chi connectivity index (χ2v) is 6.11. The highest BCUT2D eigenvalue weighted by molar-refractivity contribution is 9.08. The Morgan fingerprint density at radius 2 is 1.48 bits per heavy atom. The van der Waals surface area contributed by atoms with Crippen LogP contribution in [0.15, 0.2) is 48.5 Å². The average molecular weight is 345 g/mol. The maximum absolute atomic E-state index is 3.54. The van der Waals surface area contributed by atoms with Crippen LogP contribution in [0, 0.1) is 6.92 Å². The van der Waals surface area contributed by atoms with E-state index in [0.717, 1.165) is 31.5 Å². The summed E-state index contributed by atoms with van der Waals surface area (Å²) >= 11 is 3.54. The maximum Gasteiger partial charge on any atom is 0.0370 e. The SMILES string of the molecule is Cc1cc(N2CCN(c3ccccc3)CC2)ccc1CBr. The lowest BCUT2D eigenvalue weighted by atomic mass is 10.1. The molecule has 1 fully saturated rings. The summed E-state index contributed by atoms with van der Waals surface area (Å²) in [5.41, 5.74) is 5.43. The molecule has 2 aromatic carbocycles. The maximum atomic E-state index is 3.54. The molecule has 1 saturated heterocycles. The van der Waals surface area contributed by atoms with Gasteiger partial charge in [0.05, 0.1) is 0 Å². The summed E-state index contributed by atoms with van der Waals surface area (Å²) in [6, 6.07) is 17.5. The number of aryl methyl sites for hydroxylation is 1. The van der Waals surface area contributed by atoms with Gasteiger partial charge in [0, 0.05) is 42.9 Å². The molecule has 2 nitrogen and oxygen atoms in total. The summed E-state index contributed by atoms with van der Waals surface area (Å²) in [5.74, 6) is 0. The molecular formula is C18H21BrN2. The Kier molecular flexibility index (Phi) is 4.49. The first kappa shape index (κ1) is 14.5. The summed E-state index contributed by atoms with van der Waals surface area (Å²) < 4.78 is 0. The van der Waals surface area contributed by atoms with Crippen molar-refractivity contribution in [2.45, 2.75) is 12.3 Å².